The van der Waals surface area contributed by atoms with Crippen LogP contribution < -0.4 is 15.4 Å². The molecule has 4 aromatic rings. The number of amides is 1. The van der Waals surface area contributed by atoms with Crippen molar-refractivity contribution < 1.29 is 9.53 Å². The molecule has 4 heterocycles. The Morgan fingerprint density at radius 1 is 1.17 bits per heavy atom. The SMILES string of the molecule is CNCCCc1cccc2nc3n(c12)CCCCCOc1c(cnn1C)-c1cc(cc(C)n1)C(=O)N3. The molecule has 9 heteroatoms. The normalized spacial score (nSPS) is 14.4. The van der Waals surface area contributed by atoms with Crippen LogP contribution in [0.5, 0.6) is 5.88 Å². The first-order chi connectivity index (χ1) is 17.5. The number of imidazole rings is 1. The number of rotatable bonds is 4. The van der Waals surface area contributed by atoms with Crippen molar-refractivity contribution in [2.75, 3.05) is 25.5 Å². The number of anilines is 1. The van der Waals surface area contributed by atoms with Crippen molar-refractivity contribution >= 4 is 22.9 Å². The molecule has 1 amide bonds. The Balaban J connectivity index is 1.56. The van der Waals surface area contributed by atoms with Gasteiger partial charge in [0.1, 0.15) is 0 Å². The molecule has 2 N–H and O–H groups in total. The zero-order chi connectivity index (χ0) is 25.1. The number of nitrogens with zero attached hydrogens (tertiary/aromatic N) is 5. The van der Waals surface area contributed by atoms with E-state index in [-0.39, 0.29) is 5.91 Å². The minimum atomic E-state index is -0.212. The molecule has 1 aliphatic heterocycles. The molecule has 0 radical (unpaired) electrons. The molecule has 0 saturated heterocycles. The summed E-state index contributed by atoms with van der Waals surface area (Å²) >= 11 is 0. The van der Waals surface area contributed by atoms with Crippen molar-refractivity contribution in [2.45, 2.75) is 45.6 Å². The average molecular weight is 488 g/mol. The van der Waals surface area contributed by atoms with Gasteiger partial charge < -0.3 is 14.6 Å². The van der Waals surface area contributed by atoms with Crippen molar-refractivity contribution in [2.24, 2.45) is 7.05 Å². The third-order valence-electron chi connectivity index (χ3n) is 6.59. The standard InChI is InChI=1S/C27H33N7O2/c1-18-15-20-16-23(30-18)21-17-29-33(3)26(21)36-14-6-4-5-13-34-24-19(10-8-12-28-2)9-7-11-22(24)31-27(34)32-25(20)35/h7,9,11,15-17,28H,4-6,8,10,12-14H2,1-3H3,(H,31,32,35). The fourth-order valence-electron chi connectivity index (χ4n) is 4.83. The molecular weight excluding hydrogens is 454 g/mol. The summed E-state index contributed by atoms with van der Waals surface area (Å²) in [7, 11) is 3.83. The molecule has 0 aliphatic carbocycles. The number of hydrogen-bond acceptors (Lipinski definition) is 6. The first kappa shape index (κ1) is 24.0. The molecule has 9 nitrogen and oxygen atoms in total. The summed E-state index contributed by atoms with van der Waals surface area (Å²) in [6.07, 6.45) is 6.59. The number of nitrogens with one attached hydrogen (secondary N) is 2. The maximum atomic E-state index is 13.5. The summed E-state index contributed by atoms with van der Waals surface area (Å²) in [5, 5.41) is 10.7. The van der Waals surface area contributed by atoms with Gasteiger partial charge in [0.15, 0.2) is 0 Å². The number of carbonyl (C=O) groups excluding carboxylic acids is 1. The summed E-state index contributed by atoms with van der Waals surface area (Å²) in [5.74, 6) is 1.04. The molecule has 0 atom stereocenters. The van der Waals surface area contributed by atoms with E-state index in [1.165, 1.54) is 5.56 Å². The Hall–Kier alpha value is -3.72. The predicted molar refractivity (Wildman–Crippen MR) is 140 cm³/mol. The van der Waals surface area contributed by atoms with Gasteiger partial charge in [0.2, 0.25) is 11.8 Å². The Labute approximate surface area is 210 Å². The highest BCUT2D eigenvalue weighted by molar-refractivity contribution is 6.05. The van der Waals surface area contributed by atoms with E-state index in [0.717, 1.165) is 67.5 Å². The third-order valence-corrected chi connectivity index (χ3v) is 6.59. The van der Waals surface area contributed by atoms with Crippen LogP contribution in [0.1, 0.15) is 47.3 Å². The molecule has 5 rings (SSSR count). The zero-order valence-corrected chi connectivity index (χ0v) is 21.2. The molecule has 3 aromatic heterocycles. The summed E-state index contributed by atoms with van der Waals surface area (Å²) in [6, 6.07) is 9.83. The summed E-state index contributed by atoms with van der Waals surface area (Å²) in [6.45, 7) is 4.20. The number of hydrogen-bond donors (Lipinski definition) is 2. The number of benzene rings is 1. The monoisotopic (exact) mass is 487 g/mol. The highest BCUT2D eigenvalue weighted by Crippen LogP contribution is 2.30. The van der Waals surface area contributed by atoms with Crippen LogP contribution in [-0.4, -0.2) is 50.4 Å². The van der Waals surface area contributed by atoms with Crippen LogP contribution in [-0.2, 0) is 20.0 Å². The van der Waals surface area contributed by atoms with Crippen molar-refractivity contribution in [3.63, 3.8) is 0 Å². The number of aromatic nitrogens is 5. The lowest BCUT2D eigenvalue weighted by atomic mass is 10.1. The molecule has 0 fully saturated rings. The van der Waals surface area contributed by atoms with E-state index in [1.54, 1.807) is 23.0 Å². The third kappa shape index (κ3) is 4.83. The van der Waals surface area contributed by atoms with Gasteiger partial charge in [0.05, 0.1) is 35.1 Å². The van der Waals surface area contributed by atoms with Gasteiger partial charge in [0, 0.05) is 24.8 Å². The van der Waals surface area contributed by atoms with E-state index in [1.807, 2.05) is 33.2 Å². The Bertz CT molecular complexity index is 1390. The second kappa shape index (κ2) is 10.5. The van der Waals surface area contributed by atoms with E-state index in [9.17, 15) is 4.79 Å². The van der Waals surface area contributed by atoms with Gasteiger partial charge in [-0.15, -0.1) is 0 Å². The van der Waals surface area contributed by atoms with Crippen LogP contribution in [0.3, 0.4) is 0 Å². The highest BCUT2D eigenvalue weighted by Gasteiger charge is 2.20. The van der Waals surface area contributed by atoms with Crippen LogP contribution in [0.25, 0.3) is 22.3 Å². The van der Waals surface area contributed by atoms with E-state index < -0.39 is 0 Å². The molecule has 0 spiro atoms. The second-order valence-electron chi connectivity index (χ2n) is 9.31. The topological polar surface area (TPSA) is 98.9 Å². The lowest BCUT2D eigenvalue weighted by Crippen LogP contribution is -2.17. The maximum absolute atomic E-state index is 13.5. The van der Waals surface area contributed by atoms with Crippen molar-refractivity contribution in [3.8, 4) is 17.1 Å². The van der Waals surface area contributed by atoms with E-state index >= 15 is 0 Å². The molecule has 2 bridgehead atoms. The van der Waals surface area contributed by atoms with Gasteiger partial charge in [-0.3, -0.25) is 15.1 Å². The van der Waals surface area contributed by atoms with Crippen LogP contribution >= 0.6 is 0 Å². The number of para-hydroxylation sites is 1. The summed E-state index contributed by atoms with van der Waals surface area (Å²) in [5.41, 5.74) is 5.98. The molecule has 1 aromatic carbocycles. The fourth-order valence-corrected chi connectivity index (χ4v) is 4.83. The smallest absolute Gasteiger partial charge is 0.258 e. The van der Waals surface area contributed by atoms with Gasteiger partial charge in [-0.25, -0.2) is 9.67 Å². The van der Waals surface area contributed by atoms with Crippen LogP contribution in [0.4, 0.5) is 5.95 Å². The van der Waals surface area contributed by atoms with Crippen LogP contribution in [0.2, 0.25) is 0 Å². The largest absolute Gasteiger partial charge is 0.477 e. The highest BCUT2D eigenvalue weighted by atomic mass is 16.5. The van der Waals surface area contributed by atoms with Crippen molar-refractivity contribution in [3.05, 3.63) is 53.3 Å². The first-order valence-corrected chi connectivity index (χ1v) is 12.6. The fraction of sp³-hybridized carbons (Fsp3) is 0.407. The maximum Gasteiger partial charge on any atom is 0.258 e. The summed E-state index contributed by atoms with van der Waals surface area (Å²) < 4.78 is 10.0. The second-order valence-corrected chi connectivity index (χ2v) is 9.31. The number of aryl methyl sites for hydroxylation is 4. The molecule has 0 saturated carbocycles. The minimum Gasteiger partial charge on any atom is -0.477 e. The molecule has 188 valence electrons. The van der Waals surface area contributed by atoms with Crippen LogP contribution in [0.15, 0.2) is 36.5 Å². The molecule has 1 aliphatic rings. The first-order valence-electron chi connectivity index (χ1n) is 12.6. The average Bonchev–Trinajstić information content (AvgIpc) is 3.40. The van der Waals surface area contributed by atoms with E-state index in [2.05, 4.69) is 31.3 Å². The number of pyridine rings is 1. The lowest BCUT2D eigenvalue weighted by molar-refractivity contribution is 0.102. The predicted octanol–water partition coefficient (Wildman–Crippen LogP) is 4.11. The van der Waals surface area contributed by atoms with E-state index in [0.29, 0.717) is 29.7 Å². The van der Waals surface area contributed by atoms with Gasteiger partial charge in [-0.05, 0) is 76.4 Å². The molecular formula is C27H33N7O2. The number of ether oxygens (including phenoxy) is 1. The number of fused-ring (bicyclic) bond motifs is 7. The Morgan fingerprint density at radius 2 is 2.06 bits per heavy atom. The van der Waals surface area contributed by atoms with Crippen molar-refractivity contribution in [1.29, 1.82) is 0 Å². The lowest BCUT2D eigenvalue weighted by Gasteiger charge is -2.13. The van der Waals surface area contributed by atoms with Gasteiger partial charge in [-0.1, -0.05) is 12.1 Å². The van der Waals surface area contributed by atoms with Crippen LogP contribution in [0, 0.1) is 6.92 Å². The number of carbonyl (C=O) groups is 1. The Morgan fingerprint density at radius 3 is 2.92 bits per heavy atom. The van der Waals surface area contributed by atoms with Gasteiger partial charge in [-0.2, -0.15) is 5.10 Å². The van der Waals surface area contributed by atoms with E-state index in [4.69, 9.17) is 9.72 Å². The zero-order valence-electron chi connectivity index (χ0n) is 21.2. The molecule has 36 heavy (non-hydrogen) atoms. The van der Waals surface area contributed by atoms with Crippen molar-refractivity contribution in [1.82, 2.24) is 29.6 Å². The minimum absolute atomic E-state index is 0.212. The Kier molecular flexibility index (Phi) is 6.99. The quantitative estimate of drug-likeness (QED) is 0.421. The molecule has 0 unspecified atom stereocenters. The summed E-state index contributed by atoms with van der Waals surface area (Å²) in [4.78, 5) is 23.0. The van der Waals surface area contributed by atoms with Gasteiger partial charge in [0.25, 0.3) is 5.91 Å². The van der Waals surface area contributed by atoms with Gasteiger partial charge >= 0.3 is 0 Å².